The minimum Gasteiger partial charge on any atom is -0.497 e. The Morgan fingerprint density at radius 2 is 1.53 bits per heavy atom. The molecule has 0 unspecified atom stereocenters. The summed E-state index contributed by atoms with van der Waals surface area (Å²) in [5.41, 5.74) is 2.09. The summed E-state index contributed by atoms with van der Waals surface area (Å²) in [5, 5.41) is 5.38. The molecule has 1 atom stereocenters. The third-order valence-corrected chi connectivity index (χ3v) is 5.85. The molecule has 3 rings (SSSR count). The molecule has 0 aliphatic carbocycles. The lowest BCUT2D eigenvalue weighted by molar-refractivity contribution is -0.148. The number of anilines is 1. The van der Waals surface area contributed by atoms with E-state index >= 15 is 0 Å². The first-order chi connectivity index (χ1) is 16.5. The number of hydrogen-bond donors (Lipinski definition) is 2. The summed E-state index contributed by atoms with van der Waals surface area (Å²) in [6, 6.07) is 24.3. The summed E-state index contributed by atoms with van der Waals surface area (Å²) < 4.78 is 10.3. The summed E-state index contributed by atoms with van der Waals surface area (Å²) >= 11 is 1.49. The van der Waals surface area contributed by atoms with Crippen molar-refractivity contribution < 1.29 is 23.9 Å². The summed E-state index contributed by atoms with van der Waals surface area (Å²) in [7, 11) is 1.55. The number of ether oxygens (including phenoxy) is 2. The molecule has 8 heteroatoms. The van der Waals surface area contributed by atoms with Gasteiger partial charge in [0, 0.05) is 22.8 Å². The van der Waals surface area contributed by atoms with E-state index in [4.69, 9.17) is 9.47 Å². The first-order valence-corrected chi connectivity index (χ1v) is 11.8. The zero-order valence-corrected chi connectivity index (χ0v) is 19.5. The molecule has 176 valence electrons. The molecule has 0 radical (unpaired) electrons. The minimum atomic E-state index is -0.907. The molecule has 7 nitrogen and oxygen atoms in total. The number of carbonyl (C=O) groups excluding carboxylic acids is 3. The molecule has 0 spiro atoms. The van der Waals surface area contributed by atoms with Crippen LogP contribution in [0.25, 0.3) is 0 Å². The lowest BCUT2D eigenvalue weighted by Gasteiger charge is -2.17. The fourth-order valence-corrected chi connectivity index (χ4v) is 3.98. The Balaban J connectivity index is 1.56. The highest BCUT2D eigenvalue weighted by Gasteiger charge is 2.24. The Labute approximate surface area is 202 Å². The third-order valence-electron chi connectivity index (χ3n) is 4.74. The third kappa shape index (κ3) is 7.97. The number of hydrogen-bond acceptors (Lipinski definition) is 6. The van der Waals surface area contributed by atoms with Crippen molar-refractivity contribution in [3.05, 3.63) is 96.1 Å². The molecule has 34 heavy (non-hydrogen) atoms. The van der Waals surface area contributed by atoms with Gasteiger partial charge in [-0.15, -0.1) is 0 Å². The highest BCUT2D eigenvalue weighted by Crippen LogP contribution is 2.16. The van der Waals surface area contributed by atoms with Crippen LogP contribution in [0.1, 0.15) is 15.9 Å². The standard InChI is InChI=1S/C26H26N2O5S/c1-32-22-14-12-21(13-15-22)27-24(29)16-33-26(31)23(18-34-17-19-8-4-2-5-9-19)28-25(30)20-10-6-3-7-11-20/h2-15,23H,16-18H2,1H3,(H,27,29)(H,28,30)/t23-/m1/s1. The van der Waals surface area contributed by atoms with Gasteiger partial charge >= 0.3 is 5.97 Å². The van der Waals surface area contributed by atoms with E-state index in [1.807, 2.05) is 30.3 Å². The van der Waals surface area contributed by atoms with Gasteiger partial charge in [0.05, 0.1) is 7.11 Å². The summed E-state index contributed by atoms with van der Waals surface area (Å²) in [4.78, 5) is 37.6. The Morgan fingerprint density at radius 1 is 0.882 bits per heavy atom. The number of esters is 1. The SMILES string of the molecule is COc1ccc(NC(=O)COC(=O)[C@@H](CSCc2ccccc2)NC(=O)c2ccccc2)cc1. The predicted molar refractivity (Wildman–Crippen MR) is 133 cm³/mol. The molecule has 0 bridgehead atoms. The number of nitrogens with one attached hydrogen (secondary N) is 2. The molecule has 0 heterocycles. The molecule has 2 N–H and O–H groups in total. The zero-order valence-electron chi connectivity index (χ0n) is 18.7. The summed E-state index contributed by atoms with van der Waals surface area (Å²) in [6.07, 6.45) is 0. The van der Waals surface area contributed by atoms with E-state index < -0.39 is 24.5 Å². The number of rotatable bonds is 11. The van der Waals surface area contributed by atoms with Crippen molar-refractivity contribution in [3.63, 3.8) is 0 Å². The van der Waals surface area contributed by atoms with Gasteiger partial charge in [-0.25, -0.2) is 4.79 Å². The maximum Gasteiger partial charge on any atom is 0.330 e. The van der Waals surface area contributed by atoms with E-state index in [1.165, 1.54) is 11.8 Å². The van der Waals surface area contributed by atoms with Crippen molar-refractivity contribution in [1.82, 2.24) is 5.32 Å². The van der Waals surface area contributed by atoms with Crippen LogP contribution in [0, 0.1) is 0 Å². The van der Waals surface area contributed by atoms with E-state index in [9.17, 15) is 14.4 Å². The van der Waals surface area contributed by atoms with Crippen LogP contribution in [0.5, 0.6) is 5.75 Å². The van der Waals surface area contributed by atoms with E-state index in [0.29, 0.717) is 28.5 Å². The summed E-state index contributed by atoms with van der Waals surface area (Å²) in [5.74, 6) is 0.0919. The Morgan fingerprint density at radius 3 is 2.18 bits per heavy atom. The van der Waals surface area contributed by atoms with Gasteiger partial charge in [0.1, 0.15) is 11.8 Å². The van der Waals surface area contributed by atoms with Gasteiger partial charge in [0.15, 0.2) is 6.61 Å². The van der Waals surface area contributed by atoms with Gasteiger partial charge in [0.2, 0.25) is 0 Å². The second kappa shape index (κ2) is 13.1. The highest BCUT2D eigenvalue weighted by atomic mass is 32.2. The fourth-order valence-electron chi connectivity index (χ4n) is 2.98. The monoisotopic (exact) mass is 478 g/mol. The van der Waals surface area contributed by atoms with Gasteiger partial charge in [-0.3, -0.25) is 9.59 Å². The number of amides is 2. The lowest BCUT2D eigenvalue weighted by Crippen LogP contribution is -2.44. The van der Waals surface area contributed by atoms with Crippen LogP contribution in [-0.4, -0.2) is 43.3 Å². The van der Waals surface area contributed by atoms with Gasteiger partial charge in [-0.1, -0.05) is 48.5 Å². The Kier molecular flexibility index (Phi) is 9.54. The minimum absolute atomic E-state index is 0.298. The molecule has 2 amide bonds. The summed E-state index contributed by atoms with van der Waals surface area (Å²) in [6.45, 7) is -0.466. The van der Waals surface area contributed by atoms with E-state index in [1.54, 1.807) is 61.7 Å². The van der Waals surface area contributed by atoms with Crippen molar-refractivity contribution >= 4 is 35.2 Å². The number of thioether (sulfide) groups is 1. The Hall–Kier alpha value is -3.78. The fraction of sp³-hybridized carbons (Fsp3) is 0.192. The molecule has 0 aliphatic heterocycles. The van der Waals surface area contributed by atoms with Crippen LogP contribution < -0.4 is 15.4 Å². The highest BCUT2D eigenvalue weighted by molar-refractivity contribution is 7.98. The van der Waals surface area contributed by atoms with E-state index in [0.717, 1.165) is 5.56 Å². The van der Waals surface area contributed by atoms with Crippen LogP contribution in [-0.2, 0) is 20.1 Å². The first kappa shape index (κ1) is 24.9. The van der Waals surface area contributed by atoms with Crippen LogP contribution in [0.2, 0.25) is 0 Å². The average Bonchev–Trinajstić information content (AvgIpc) is 2.88. The molecule has 3 aromatic rings. The maximum atomic E-state index is 12.7. The second-order valence-corrected chi connectivity index (χ2v) is 8.31. The van der Waals surface area contributed by atoms with Crippen molar-refractivity contribution in [2.45, 2.75) is 11.8 Å². The number of carbonyl (C=O) groups is 3. The maximum absolute atomic E-state index is 12.7. The van der Waals surface area contributed by atoms with Crippen LogP contribution in [0.4, 0.5) is 5.69 Å². The van der Waals surface area contributed by atoms with Crippen molar-refractivity contribution in [2.75, 3.05) is 24.8 Å². The van der Waals surface area contributed by atoms with Gasteiger partial charge in [0.25, 0.3) is 11.8 Å². The van der Waals surface area contributed by atoms with Crippen molar-refractivity contribution in [1.29, 1.82) is 0 Å². The van der Waals surface area contributed by atoms with Gasteiger partial charge < -0.3 is 20.1 Å². The van der Waals surface area contributed by atoms with E-state index in [-0.39, 0.29) is 5.91 Å². The number of methoxy groups -OCH3 is 1. The van der Waals surface area contributed by atoms with Gasteiger partial charge in [-0.05, 0) is 42.0 Å². The van der Waals surface area contributed by atoms with Crippen molar-refractivity contribution in [3.8, 4) is 5.75 Å². The largest absolute Gasteiger partial charge is 0.497 e. The average molecular weight is 479 g/mol. The van der Waals surface area contributed by atoms with Crippen molar-refractivity contribution in [2.24, 2.45) is 0 Å². The van der Waals surface area contributed by atoms with E-state index in [2.05, 4.69) is 10.6 Å². The molecule has 0 aliphatic rings. The second-order valence-electron chi connectivity index (χ2n) is 7.28. The first-order valence-electron chi connectivity index (χ1n) is 10.6. The molecule has 3 aromatic carbocycles. The van der Waals surface area contributed by atoms with Crippen LogP contribution in [0.3, 0.4) is 0 Å². The predicted octanol–water partition coefficient (Wildman–Crippen LogP) is 3.91. The smallest absolute Gasteiger partial charge is 0.330 e. The van der Waals surface area contributed by atoms with Crippen LogP contribution in [0.15, 0.2) is 84.9 Å². The quantitative estimate of drug-likeness (QED) is 0.406. The molecule has 0 saturated heterocycles. The number of benzene rings is 3. The normalized spacial score (nSPS) is 11.2. The molecular formula is C26H26N2O5S. The lowest BCUT2D eigenvalue weighted by atomic mass is 10.2. The van der Waals surface area contributed by atoms with Crippen LogP contribution >= 0.6 is 11.8 Å². The Bertz CT molecular complexity index is 1080. The van der Waals surface area contributed by atoms with Gasteiger partial charge in [-0.2, -0.15) is 11.8 Å². The molecular weight excluding hydrogens is 452 g/mol. The molecule has 0 saturated carbocycles. The molecule has 0 aromatic heterocycles. The molecule has 0 fully saturated rings. The topological polar surface area (TPSA) is 93.7 Å². The zero-order chi connectivity index (χ0) is 24.2.